The van der Waals surface area contributed by atoms with Gasteiger partial charge in [-0.3, -0.25) is 18.9 Å². The third-order valence-corrected chi connectivity index (χ3v) is 5.26. The highest BCUT2D eigenvalue weighted by Crippen LogP contribution is 2.32. The van der Waals surface area contributed by atoms with Crippen LogP contribution in [0.4, 0.5) is 5.82 Å². The molecule has 0 bridgehead atoms. The summed E-state index contributed by atoms with van der Waals surface area (Å²) in [5.74, 6) is 0.158. The number of rotatable bonds is 6. The van der Waals surface area contributed by atoms with E-state index < -0.39 is 0 Å². The highest BCUT2D eigenvalue weighted by molar-refractivity contribution is 8.26. The van der Waals surface area contributed by atoms with Gasteiger partial charge >= 0.3 is 0 Å². The normalized spacial score (nSPS) is 15.6. The first kappa shape index (κ1) is 19.1. The predicted octanol–water partition coefficient (Wildman–Crippen LogP) is 2.99. The molecule has 0 atom stereocenters. The quantitative estimate of drug-likeness (QED) is 0.458. The zero-order valence-electron chi connectivity index (χ0n) is 14.8. The van der Waals surface area contributed by atoms with Crippen LogP contribution in [0.5, 0.6) is 0 Å². The summed E-state index contributed by atoms with van der Waals surface area (Å²) in [5.41, 5.74) is 1.50. The molecule has 2 aromatic heterocycles. The van der Waals surface area contributed by atoms with Crippen LogP contribution in [-0.4, -0.2) is 37.6 Å². The van der Waals surface area contributed by atoms with Crippen molar-refractivity contribution in [3.63, 3.8) is 0 Å². The number of thioether (sulfide) groups is 1. The number of nitrogens with one attached hydrogen (secondary N) is 1. The summed E-state index contributed by atoms with van der Waals surface area (Å²) in [6.45, 7) is 9.99. The number of thiocarbonyl (C=S) groups is 1. The van der Waals surface area contributed by atoms with Gasteiger partial charge in [-0.1, -0.05) is 42.2 Å². The number of pyridine rings is 1. The first-order chi connectivity index (χ1) is 13.0. The van der Waals surface area contributed by atoms with Crippen LogP contribution in [0.3, 0.4) is 0 Å². The van der Waals surface area contributed by atoms with E-state index in [-0.39, 0.29) is 11.5 Å². The number of nitrogens with zero attached hydrogens (tertiary/aromatic N) is 3. The van der Waals surface area contributed by atoms with Crippen molar-refractivity contribution in [2.75, 3.05) is 18.4 Å². The minimum absolute atomic E-state index is 0.242. The largest absolute Gasteiger partial charge is 0.366 e. The summed E-state index contributed by atoms with van der Waals surface area (Å²) in [5, 5.41) is 3.08. The molecule has 1 fully saturated rings. The van der Waals surface area contributed by atoms with E-state index in [1.165, 1.54) is 9.30 Å². The Labute approximate surface area is 166 Å². The second-order valence-corrected chi connectivity index (χ2v) is 7.54. The fourth-order valence-electron chi connectivity index (χ4n) is 2.61. The van der Waals surface area contributed by atoms with Crippen LogP contribution in [0.1, 0.15) is 11.1 Å². The summed E-state index contributed by atoms with van der Waals surface area (Å²) >= 11 is 6.42. The highest BCUT2D eigenvalue weighted by atomic mass is 32.2. The van der Waals surface area contributed by atoms with Crippen molar-refractivity contribution in [3.8, 4) is 0 Å². The summed E-state index contributed by atoms with van der Waals surface area (Å²) in [7, 11) is 0. The molecule has 3 rings (SSSR count). The molecule has 0 aliphatic carbocycles. The van der Waals surface area contributed by atoms with Crippen LogP contribution in [0, 0.1) is 6.92 Å². The van der Waals surface area contributed by atoms with E-state index in [9.17, 15) is 9.59 Å². The average Bonchev–Trinajstić information content (AvgIpc) is 2.91. The number of hydrogen-bond donors (Lipinski definition) is 1. The SMILES string of the molecule is C=CCNc1nc2ccc(C)cn2c(=O)c1C=C1SC(=S)N(CC=C)C1=O. The number of carbonyl (C=O) groups excluding carboxylic acids is 1. The topological polar surface area (TPSA) is 66.7 Å². The van der Waals surface area contributed by atoms with Crippen LogP contribution in [0.15, 0.2) is 53.3 Å². The van der Waals surface area contributed by atoms with E-state index in [0.29, 0.717) is 39.3 Å². The third-order valence-electron chi connectivity index (χ3n) is 3.88. The van der Waals surface area contributed by atoms with Gasteiger partial charge in [0.25, 0.3) is 11.5 Å². The first-order valence-corrected chi connectivity index (χ1v) is 9.42. The Hall–Kier alpha value is -2.71. The number of aromatic nitrogens is 2. The summed E-state index contributed by atoms with van der Waals surface area (Å²) in [6.07, 6.45) is 6.56. The van der Waals surface area contributed by atoms with Gasteiger partial charge in [-0.25, -0.2) is 4.98 Å². The maximum Gasteiger partial charge on any atom is 0.267 e. The Morgan fingerprint density at radius 3 is 2.78 bits per heavy atom. The molecule has 0 unspecified atom stereocenters. The van der Waals surface area contributed by atoms with E-state index in [1.807, 2.05) is 13.0 Å². The maximum atomic E-state index is 13.1. The Morgan fingerprint density at radius 2 is 2.07 bits per heavy atom. The molecule has 0 spiro atoms. The van der Waals surface area contributed by atoms with Crippen molar-refractivity contribution < 1.29 is 4.79 Å². The molecule has 138 valence electrons. The number of fused-ring (bicyclic) bond motifs is 1. The van der Waals surface area contributed by atoms with Crippen molar-refractivity contribution in [1.29, 1.82) is 0 Å². The molecule has 3 heterocycles. The number of carbonyl (C=O) groups is 1. The van der Waals surface area contributed by atoms with Crippen molar-refractivity contribution in [2.24, 2.45) is 0 Å². The molecule has 1 amide bonds. The molecular weight excluding hydrogens is 380 g/mol. The molecule has 1 aliphatic heterocycles. The van der Waals surface area contributed by atoms with Crippen LogP contribution in [0.2, 0.25) is 0 Å². The number of anilines is 1. The van der Waals surface area contributed by atoms with E-state index in [1.54, 1.807) is 30.5 Å². The Morgan fingerprint density at radius 1 is 1.30 bits per heavy atom. The number of aryl methyl sites for hydroxylation is 1. The number of hydrogen-bond acceptors (Lipinski definition) is 6. The molecule has 2 aromatic rings. The van der Waals surface area contributed by atoms with Crippen LogP contribution in [-0.2, 0) is 4.79 Å². The Bertz CT molecular complexity index is 1060. The molecule has 0 saturated carbocycles. The van der Waals surface area contributed by atoms with E-state index >= 15 is 0 Å². The molecule has 27 heavy (non-hydrogen) atoms. The Balaban J connectivity index is 2.17. The van der Waals surface area contributed by atoms with E-state index in [2.05, 4.69) is 23.5 Å². The van der Waals surface area contributed by atoms with Gasteiger partial charge in [-0.2, -0.15) is 0 Å². The van der Waals surface area contributed by atoms with Crippen molar-refractivity contribution in [3.05, 3.63) is 70.0 Å². The fourth-order valence-corrected chi connectivity index (χ4v) is 3.87. The lowest BCUT2D eigenvalue weighted by atomic mass is 10.2. The van der Waals surface area contributed by atoms with Gasteiger partial charge in [0, 0.05) is 19.3 Å². The van der Waals surface area contributed by atoms with Gasteiger partial charge in [0.2, 0.25) is 0 Å². The van der Waals surface area contributed by atoms with Gasteiger partial charge in [0.05, 0.1) is 10.5 Å². The summed E-state index contributed by atoms with van der Waals surface area (Å²) < 4.78 is 1.92. The molecule has 1 saturated heterocycles. The second-order valence-electron chi connectivity index (χ2n) is 5.86. The van der Waals surface area contributed by atoms with Gasteiger partial charge in [0.15, 0.2) is 0 Å². The smallest absolute Gasteiger partial charge is 0.267 e. The van der Waals surface area contributed by atoms with Crippen molar-refractivity contribution >= 4 is 51.7 Å². The zero-order valence-corrected chi connectivity index (χ0v) is 16.4. The van der Waals surface area contributed by atoms with Gasteiger partial charge in [-0.05, 0) is 24.6 Å². The number of amides is 1. The molecule has 0 aromatic carbocycles. The van der Waals surface area contributed by atoms with Gasteiger partial charge < -0.3 is 5.32 Å². The second kappa shape index (κ2) is 7.89. The van der Waals surface area contributed by atoms with Crippen LogP contribution >= 0.6 is 24.0 Å². The zero-order chi connectivity index (χ0) is 19.6. The summed E-state index contributed by atoms with van der Waals surface area (Å²) in [4.78, 5) is 32.0. The van der Waals surface area contributed by atoms with E-state index in [0.717, 1.165) is 17.3 Å². The lowest BCUT2D eigenvalue weighted by Gasteiger charge is -2.11. The Kier molecular flexibility index (Phi) is 5.57. The van der Waals surface area contributed by atoms with Crippen molar-refractivity contribution in [2.45, 2.75) is 6.92 Å². The van der Waals surface area contributed by atoms with Gasteiger partial charge in [0.1, 0.15) is 15.8 Å². The lowest BCUT2D eigenvalue weighted by molar-refractivity contribution is -0.121. The van der Waals surface area contributed by atoms with E-state index in [4.69, 9.17) is 12.2 Å². The van der Waals surface area contributed by atoms with Crippen LogP contribution < -0.4 is 10.9 Å². The monoisotopic (exact) mass is 398 g/mol. The standard InChI is InChI=1S/C19H18N4O2S2/c1-4-8-20-16-13(10-14-18(25)22(9-5-2)19(26)27-14)17(24)23-11-12(3)6-7-15(23)21-16/h4-7,10-11,20H,1-2,8-9H2,3H3. The predicted molar refractivity (Wildman–Crippen MR) is 115 cm³/mol. The maximum absolute atomic E-state index is 13.1. The third kappa shape index (κ3) is 3.72. The minimum Gasteiger partial charge on any atom is -0.366 e. The minimum atomic E-state index is -0.260. The molecule has 0 radical (unpaired) electrons. The molecule has 1 N–H and O–H groups in total. The van der Waals surface area contributed by atoms with Crippen LogP contribution in [0.25, 0.3) is 11.7 Å². The molecule has 6 nitrogen and oxygen atoms in total. The first-order valence-electron chi connectivity index (χ1n) is 8.20. The average molecular weight is 399 g/mol. The summed E-state index contributed by atoms with van der Waals surface area (Å²) in [6, 6.07) is 3.67. The fraction of sp³-hybridized carbons (Fsp3) is 0.158. The van der Waals surface area contributed by atoms with Crippen molar-refractivity contribution in [1.82, 2.24) is 14.3 Å². The molecule has 1 aliphatic rings. The lowest BCUT2D eigenvalue weighted by Crippen LogP contribution is -2.28. The molecular formula is C19H18N4O2S2. The van der Waals surface area contributed by atoms with Gasteiger partial charge in [-0.15, -0.1) is 13.2 Å². The molecule has 8 heteroatoms. The highest BCUT2D eigenvalue weighted by Gasteiger charge is 2.31.